The predicted octanol–water partition coefficient (Wildman–Crippen LogP) is -1.91. The number of nitrogens with zero attached hydrogens (tertiary/aromatic N) is 4. The van der Waals surface area contributed by atoms with Crippen molar-refractivity contribution in [3.05, 3.63) is 0 Å². The van der Waals surface area contributed by atoms with E-state index in [0.717, 1.165) is 4.90 Å². The Morgan fingerprint density at radius 3 is 2.81 bits per heavy atom. The van der Waals surface area contributed by atoms with Gasteiger partial charge in [-0.1, -0.05) is 0 Å². The van der Waals surface area contributed by atoms with Gasteiger partial charge in [0, 0.05) is 27.7 Å². The summed E-state index contributed by atoms with van der Waals surface area (Å²) in [7, 11) is 4.50. The van der Waals surface area contributed by atoms with E-state index >= 15 is 0 Å². The Kier molecular flexibility index (Phi) is 4.32. The van der Waals surface area contributed by atoms with E-state index in [1.165, 1.54) is 22.9 Å². The minimum Gasteiger partial charge on any atom is -0.383 e. The first-order chi connectivity index (χ1) is 9.97. The minimum atomic E-state index is -0.731. The molecule has 1 fully saturated rings. The average molecular weight is 296 g/mol. The fourth-order valence-corrected chi connectivity index (χ4v) is 2.19. The summed E-state index contributed by atoms with van der Waals surface area (Å²) in [5.74, 6) is -0.294. The summed E-state index contributed by atoms with van der Waals surface area (Å²) in [6.45, 7) is 0.802. The van der Waals surface area contributed by atoms with Crippen LogP contribution in [0.5, 0.6) is 0 Å². The van der Waals surface area contributed by atoms with Gasteiger partial charge in [-0.05, 0) is 4.99 Å². The van der Waals surface area contributed by atoms with Gasteiger partial charge in [0.05, 0.1) is 6.61 Å². The van der Waals surface area contributed by atoms with Crippen molar-refractivity contribution in [2.24, 2.45) is 4.99 Å². The molecule has 114 valence electrons. The second kappa shape index (κ2) is 6.00. The molecule has 2 rings (SSSR count). The molecular formula is C12H18N5O4+. The predicted molar refractivity (Wildman–Crippen MR) is 73.2 cm³/mol. The van der Waals surface area contributed by atoms with E-state index in [1.54, 1.807) is 14.2 Å². The molecule has 9 heteroatoms. The van der Waals surface area contributed by atoms with Gasteiger partial charge in [0.2, 0.25) is 0 Å². The zero-order valence-electron chi connectivity index (χ0n) is 12.2. The van der Waals surface area contributed by atoms with Crippen LogP contribution < -0.4 is 5.32 Å². The average Bonchev–Trinajstić information content (AvgIpc) is 2.87. The normalized spacial score (nSPS) is 21.2. The standard InChI is InChI=1S/C12H17N5O4/c1-15-10-9(11(19)16(2)12(15)20)17(7-14-10)6-8(18)13-4-5-21-3/h7,9H,4-6H2,1-3H3/p+1. The number of imide groups is 1. The lowest BCUT2D eigenvalue weighted by molar-refractivity contribution is -0.519. The first-order valence-electron chi connectivity index (χ1n) is 6.45. The highest BCUT2D eigenvalue weighted by Gasteiger charge is 2.50. The number of likely N-dealkylation sites (N-methyl/N-ethyl adjacent to an activating group) is 2. The van der Waals surface area contributed by atoms with E-state index in [2.05, 4.69) is 10.3 Å². The van der Waals surface area contributed by atoms with Crippen LogP contribution in [-0.4, -0.2) is 91.3 Å². The zero-order chi connectivity index (χ0) is 15.6. The van der Waals surface area contributed by atoms with E-state index in [-0.39, 0.29) is 12.5 Å². The van der Waals surface area contributed by atoms with Crippen LogP contribution in [0.4, 0.5) is 4.79 Å². The summed E-state index contributed by atoms with van der Waals surface area (Å²) in [4.78, 5) is 42.2. The number of carbonyl (C=O) groups is 3. The molecule has 0 spiro atoms. The van der Waals surface area contributed by atoms with Crippen LogP contribution in [0.25, 0.3) is 0 Å². The van der Waals surface area contributed by atoms with Crippen LogP contribution in [0.3, 0.4) is 0 Å². The van der Waals surface area contributed by atoms with Crippen molar-refractivity contribution in [3.8, 4) is 0 Å². The van der Waals surface area contributed by atoms with Crippen LogP contribution in [0, 0.1) is 0 Å². The van der Waals surface area contributed by atoms with Crippen molar-refractivity contribution in [1.29, 1.82) is 0 Å². The molecule has 0 radical (unpaired) electrons. The van der Waals surface area contributed by atoms with E-state index < -0.39 is 18.0 Å². The number of amides is 4. The van der Waals surface area contributed by atoms with Gasteiger partial charge in [-0.2, -0.15) is 0 Å². The topological polar surface area (TPSA) is 94.3 Å². The highest BCUT2D eigenvalue weighted by Crippen LogP contribution is 2.16. The molecule has 0 aromatic heterocycles. The van der Waals surface area contributed by atoms with E-state index in [4.69, 9.17) is 4.74 Å². The molecule has 9 nitrogen and oxygen atoms in total. The van der Waals surface area contributed by atoms with Gasteiger partial charge in [0.15, 0.2) is 6.54 Å². The summed E-state index contributed by atoms with van der Waals surface area (Å²) in [5.41, 5.74) is 0. The van der Waals surface area contributed by atoms with Crippen LogP contribution in [-0.2, 0) is 14.3 Å². The quantitative estimate of drug-likeness (QED) is 0.473. The molecule has 0 aromatic carbocycles. The van der Waals surface area contributed by atoms with Crippen LogP contribution in [0.15, 0.2) is 4.99 Å². The van der Waals surface area contributed by atoms with Crippen LogP contribution >= 0.6 is 0 Å². The Bertz CT molecular complexity index is 542. The lowest BCUT2D eigenvalue weighted by Crippen LogP contribution is -2.62. The fourth-order valence-electron chi connectivity index (χ4n) is 2.19. The van der Waals surface area contributed by atoms with E-state index in [9.17, 15) is 14.4 Å². The number of aliphatic imine (C=N–C) groups is 1. The van der Waals surface area contributed by atoms with Gasteiger partial charge >= 0.3 is 6.03 Å². The second-order valence-corrected chi connectivity index (χ2v) is 4.76. The smallest absolute Gasteiger partial charge is 0.333 e. The number of rotatable bonds is 5. The molecule has 0 aromatic rings. The Hall–Kier alpha value is -2.29. The van der Waals surface area contributed by atoms with Crippen molar-refractivity contribution in [1.82, 2.24) is 15.1 Å². The maximum atomic E-state index is 12.2. The Morgan fingerprint density at radius 1 is 1.43 bits per heavy atom. The molecule has 1 saturated heterocycles. The first-order valence-corrected chi connectivity index (χ1v) is 6.45. The van der Waals surface area contributed by atoms with Crippen molar-refractivity contribution in [2.45, 2.75) is 6.04 Å². The third-order valence-corrected chi connectivity index (χ3v) is 3.35. The van der Waals surface area contributed by atoms with Gasteiger partial charge in [-0.3, -0.25) is 19.4 Å². The summed E-state index contributed by atoms with van der Waals surface area (Å²) in [6.07, 6.45) is 1.41. The first kappa shape index (κ1) is 15.1. The molecule has 2 aliphatic heterocycles. The maximum absolute atomic E-state index is 12.2. The van der Waals surface area contributed by atoms with Crippen molar-refractivity contribution >= 4 is 30.0 Å². The van der Waals surface area contributed by atoms with E-state index in [0.29, 0.717) is 19.0 Å². The van der Waals surface area contributed by atoms with Crippen LogP contribution in [0.2, 0.25) is 0 Å². The SMILES string of the molecule is COCCNC(=O)C[N+]1=CN=C2C1C(=O)N(C)C(=O)N2C. The lowest BCUT2D eigenvalue weighted by Gasteiger charge is -2.30. The molecule has 0 bridgehead atoms. The largest absolute Gasteiger partial charge is 0.383 e. The molecule has 1 atom stereocenters. The molecule has 2 aliphatic rings. The monoisotopic (exact) mass is 296 g/mol. The number of hydrogen-bond donors (Lipinski definition) is 1. The van der Waals surface area contributed by atoms with Gasteiger partial charge in [-0.25, -0.2) is 9.37 Å². The Morgan fingerprint density at radius 2 is 2.14 bits per heavy atom. The Balaban J connectivity index is 2.04. The van der Waals surface area contributed by atoms with Gasteiger partial charge < -0.3 is 10.1 Å². The number of hydrogen-bond acceptors (Lipinski definition) is 5. The van der Waals surface area contributed by atoms with Crippen molar-refractivity contribution in [3.63, 3.8) is 0 Å². The number of carbonyl (C=O) groups excluding carboxylic acids is 3. The summed E-state index contributed by atoms with van der Waals surface area (Å²) in [5, 5.41) is 2.67. The highest BCUT2D eigenvalue weighted by molar-refractivity contribution is 6.21. The van der Waals surface area contributed by atoms with Crippen LogP contribution in [0.1, 0.15) is 0 Å². The molecule has 21 heavy (non-hydrogen) atoms. The summed E-state index contributed by atoms with van der Waals surface area (Å²) >= 11 is 0. The molecule has 1 unspecified atom stereocenters. The molecule has 0 aliphatic carbocycles. The number of urea groups is 1. The molecule has 1 N–H and O–H groups in total. The zero-order valence-corrected chi connectivity index (χ0v) is 12.2. The van der Waals surface area contributed by atoms with Gasteiger partial charge in [0.25, 0.3) is 30.0 Å². The second-order valence-electron chi connectivity index (χ2n) is 4.76. The maximum Gasteiger partial charge on any atom is 0.333 e. The summed E-state index contributed by atoms with van der Waals surface area (Å²) < 4.78 is 6.35. The molecular weight excluding hydrogens is 278 g/mol. The molecule has 2 heterocycles. The van der Waals surface area contributed by atoms with Crippen molar-refractivity contribution < 1.29 is 23.7 Å². The third kappa shape index (κ3) is 2.77. The highest BCUT2D eigenvalue weighted by atomic mass is 16.5. The summed E-state index contributed by atoms with van der Waals surface area (Å²) in [6, 6.07) is -1.17. The fraction of sp³-hybridized carbons (Fsp3) is 0.583. The Labute approximate surface area is 121 Å². The van der Waals surface area contributed by atoms with Gasteiger partial charge in [-0.15, -0.1) is 0 Å². The van der Waals surface area contributed by atoms with Gasteiger partial charge in [0.1, 0.15) is 0 Å². The number of amidine groups is 1. The molecule has 4 amide bonds. The van der Waals surface area contributed by atoms with Crippen molar-refractivity contribution in [2.75, 3.05) is 40.9 Å². The third-order valence-electron chi connectivity index (χ3n) is 3.35. The lowest BCUT2D eigenvalue weighted by atomic mass is 10.1. The van der Waals surface area contributed by atoms with E-state index in [1.807, 2.05) is 0 Å². The molecule has 0 saturated carbocycles. The minimum absolute atomic E-state index is 0.0109. The number of fused-ring (bicyclic) bond motifs is 1. The number of methoxy groups -OCH3 is 1. The number of nitrogens with one attached hydrogen (secondary N) is 1. The number of ether oxygens (including phenoxy) is 1.